The Kier molecular flexibility index (Phi) is 8.17. The number of anilines is 1. The van der Waals surface area contributed by atoms with E-state index < -0.39 is 17.8 Å². The van der Waals surface area contributed by atoms with Crippen LogP contribution in [-0.4, -0.2) is 37.7 Å². The number of amides is 1. The highest BCUT2D eigenvalue weighted by Gasteiger charge is 2.27. The van der Waals surface area contributed by atoms with E-state index in [0.29, 0.717) is 11.3 Å². The quantitative estimate of drug-likeness (QED) is 0.490. The number of methoxy groups -OCH3 is 1. The molecule has 30 heavy (non-hydrogen) atoms. The number of hydrogen-bond acceptors (Lipinski definition) is 7. The van der Waals surface area contributed by atoms with Gasteiger partial charge in [-0.2, -0.15) is 0 Å². The van der Waals surface area contributed by atoms with Crippen LogP contribution in [0.5, 0.6) is 5.75 Å². The Balaban J connectivity index is 2.27. The van der Waals surface area contributed by atoms with E-state index in [1.54, 1.807) is 53.0 Å². The largest absolute Gasteiger partial charge is 0.497 e. The van der Waals surface area contributed by atoms with Crippen LogP contribution in [0.25, 0.3) is 6.08 Å². The third-order valence-electron chi connectivity index (χ3n) is 3.93. The maximum Gasteiger partial charge on any atom is 0.348 e. The highest BCUT2D eigenvalue weighted by Crippen LogP contribution is 2.34. The summed E-state index contributed by atoms with van der Waals surface area (Å²) < 4.78 is 15.4. The predicted molar refractivity (Wildman–Crippen MR) is 116 cm³/mol. The molecule has 1 N–H and O–H groups in total. The van der Waals surface area contributed by atoms with Gasteiger partial charge in [0.1, 0.15) is 15.6 Å². The highest BCUT2D eigenvalue weighted by molar-refractivity contribution is 7.18. The molecule has 1 aromatic carbocycles. The van der Waals surface area contributed by atoms with Crippen LogP contribution in [0.1, 0.15) is 51.9 Å². The molecule has 0 atom stereocenters. The molecular weight excluding hydrogens is 406 g/mol. The van der Waals surface area contributed by atoms with Crippen molar-refractivity contribution in [3.05, 3.63) is 51.9 Å². The second-order valence-electron chi connectivity index (χ2n) is 6.53. The van der Waals surface area contributed by atoms with Crippen LogP contribution < -0.4 is 10.1 Å². The maximum atomic E-state index is 12.4. The van der Waals surface area contributed by atoms with Crippen molar-refractivity contribution in [2.75, 3.05) is 19.0 Å². The number of esters is 2. The van der Waals surface area contributed by atoms with E-state index in [-0.39, 0.29) is 28.2 Å². The summed E-state index contributed by atoms with van der Waals surface area (Å²) in [4.78, 5) is 37.5. The van der Waals surface area contributed by atoms with Gasteiger partial charge in [0.25, 0.3) is 0 Å². The first-order chi connectivity index (χ1) is 14.3. The summed E-state index contributed by atoms with van der Waals surface area (Å²) in [6.45, 7) is 6.95. The van der Waals surface area contributed by atoms with Crippen molar-refractivity contribution in [3.8, 4) is 5.75 Å². The first-order valence-corrected chi connectivity index (χ1v) is 10.2. The molecule has 8 heteroatoms. The van der Waals surface area contributed by atoms with E-state index in [1.807, 2.05) is 12.1 Å². The molecule has 0 aliphatic rings. The van der Waals surface area contributed by atoms with Crippen molar-refractivity contribution in [1.29, 1.82) is 0 Å². The third-order valence-corrected chi connectivity index (χ3v) is 5.12. The molecule has 1 amide bonds. The van der Waals surface area contributed by atoms with Gasteiger partial charge in [-0.05, 0) is 57.0 Å². The molecule has 0 aliphatic heterocycles. The first kappa shape index (κ1) is 23.2. The van der Waals surface area contributed by atoms with E-state index in [0.717, 1.165) is 16.9 Å². The van der Waals surface area contributed by atoms with Crippen molar-refractivity contribution in [2.45, 2.75) is 33.8 Å². The lowest BCUT2D eigenvalue weighted by Crippen LogP contribution is -2.13. The molecular formula is C22H25NO6S. The average molecular weight is 432 g/mol. The van der Waals surface area contributed by atoms with Gasteiger partial charge in [-0.15, -0.1) is 11.3 Å². The molecule has 1 heterocycles. The van der Waals surface area contributed by atoms with Crippen LogP contribution >= 0.6 is 11.3 Å². The summed E-state index contributed by atoms with van der Waals surface area (Å²) in [6, 6.07) is 7.18. The number of carbonyl (C=O) groups excluding carboxylic acids is 3. The average Bonchev–Trinajstić information content (AvgIpc) is 3.02. The molecule has 0 saturated carbocycles. The van der Waals surface area contributed by atoms with Crippen molar-refractivity contribution in [1.82, 2.24) is 0 Å². The second-order valence-corrected chi connectivity index (χ2v) is 7.55. The van der Waals surface area contributed by atoms with Crippen LogP contribution in [0.15, 0.2) is 30.3 Å². The van der Waals surface area contributed by atoms with Gasteiger partial charge < -0.3 is 19.5 Å². The normalized spacial score (nSPS) is 10.9. The van der Waals surface area contributed by atoms with Gasteiger partial charge in [-0.1, -0.05) is 12.1 Å². The van der Waals surface area contributed by atoms with E-state index >= 15 is 0 Å². The molecule has 0 radical (unpaired) electrons. The van der Waals surface area contributed by atoms with Crippen LogP contribution in [0, 0.1) is 6.92 Å². The van der Waals surface area contributed by atoms with E-state index in [1.165, 1.54) is 6.08 Å². The van der Waals surface area contributed by atoms with Crippen molar-refractivity contribution >= 4 is 40.3 Å². The number of carbonyl (C=O) groups is 3. The molecule has 1 aromatic heterocycles. The minimum Gasteiger partial charge on any atom is -0.497 e. The van der Waals surface area contributed by atoms with Gasteiger partial charge in [0.2, 0.25) is 5.91 Å². The van der Waals surface area contributed by atoms with E-state index in [4.69, 9.17) is 14.2 Å². The second kappa shape index (κ2) is 10.6. The number of thiophene rings is 1. The van der Waals surface area contributed by atoms with Gasteiger partial charge in [0.05, 0.1) is 25.4 Å². The molecule has 2 rings (SSSR count). The molecule has 0 fully saturated rings. The van der Waals surface area contributed by atoms with Gasteiger partial charge in [-0.3, -0.25) is 4.79 Å². The molecule has 2 aromatic rings. The minimum atomic E-state index is -0.607. The van der Waals surface area contributed by atoms with Crippen molar-refractivity contribution in [3.63, 3.8) is 0 Å². The van der Waals surface area contributed by atoms with E-state index in [2.05, 4.69) is 5.32 Å². The molecule has 7 nitrogen and oxygen atoms in total. The number of ether oxygens (including phenoxy) is 3. The van der Waals surface area contributed by atoms with Gasteiger partial charge in [-0.25, -0.2) is 9.59 Å². The fourth-order valence-electron chi connectivity index (χ4n) is 2.55. The first-order valence-electron chi connectivity index (χ1n) is 9.41. The lowest BCUT2D eigenvalue weighted by molar-refractivity contribution is -0.111. The zero-order chi connectivity index (χ0) is 22.3. The van der Waals surface area contributed by atoms with Crippen LogP contribution in [-0.2, 0) is 14.3 Å². The standard InChI is InChI=1S/C22H25NO6S/c1-6-28-21(25)18-14(4)19(22(26)29-13(2)3)30-20(18)23-17(24)12-9-15-7-10-16(27-5)11-8-15/h7-13H,6H2,1-5H3,(H,23,24)/b12-9+. The zero-order valence-electron chi connectivity index (χ0n) is 17.6. The Morgan fingerprint density at radius 3 is 2.37 bits per heavy atom. The summed E-state index contributed by atoms with van der Waals surface area (Å²) in [6.07, 6.45) is 2.67. The molecule has 0 spiro atoms. The smallest absolute Gasteiger partial charge is 0.348 e. The number of nitrogens with one attached hydrogen (secondary N) is 1. The molecule has 160 valence electrons. The summed E-state index contributed by atoms with van der Waals surface area (Å²) in [5.41, 5.74) is 1.38. The van der Waals surface area contributed by atoms with Gasteiger partial charge >= 0.3 is 11.9 Å². The molecule has 0 saturated heterocycles. The van der Waals surface area contributed by atoms with Crippen LogP contribution in [0.3, 0.4) is 0 Å². The Morgan fingerprint density at radius 1 is 1.13 bits per heavy atom. The summed E-state index contributed by atoms with van der Waals surface area (Å²) in [7, 11) is 1.58. The Morgan fingerprint density at radius 2 is 1.80 bits per heavy atom. The Labute approximate surface area is 179 Å². The van der Waals surface area contributed by atoms with E-state index in [9.17, 15) is 14.4 Å². The number of hydrogen-bond donors (Lipinski definition) is 1. The molecule has 0 bridgehead atoms. The lowest BCUT2D eigenvalue weighted by Gasteiger charge is -2.07. The number of rotatable bonds is 8. The fourth-order valence-corrected chi connectivity index (χ4v) is 3.63. The van der Waals surface area contributed by atoms with Gasteiger partial charge in [0, 0.05) is 6.08 Å². The highest BCUT2D eigenvalue weighted by atomic mass is 32.1. The van der Waals surface area contributed by atoms with Crippen molar-refractivity contribution < 1.29 is 28.6 Å². The molecule has 0 unspecified atom stereocenters. The zero-order valence-corrected chi connectivity index (χ0v) is 18.4. The Hall–Kier alpha value is -3.13. The maximum absolute atomic E-state index is 12.4. The predicted octanol–water partition coefficient (Wildman–Crippen LogP) is 4.46. The topological polar surface area (TPSA) is 90.9 Å². The fraction of sp³-hybridized carbons (Fsp3) is 0.318. The van der Waals surface area contributed by atoms with Crippen LogP contribution in [0.4, 0.5) is 5.00 Å². The minimum absolute atomic E-state index is 0.156. The lowest BCUT2D eigenvalue weighted by atomic mass is 10.1. The monoisotopic (exact) mass is 431 g/mol. The Bertz CT molecular complexity index is 943. The summed E-state index contributed by atoms with van der Waals surface area (Å²) in [5.74, 6) is -0.886. The summed E-state index contributed by atoms with van der Waals surface area (Å²) >= 11 is 0.988. The molecule has 0 aliphatic carbocycles. The van der Waals surface area contributed by atoms with Gasteiger partial charge in [0.15, 0.2) is 0 Å². The van der Waals surface area contributed by atoms with Crippen LogP contribution in [0.2, 0.25) is 0 Å². The number of benzene rings is 1. The summed E-state index contributed by atoms with van der Waals surface area (Å²) in [5, 5.41) is 2.91. The SMILES string of the molecule is CCOC(=O)c1c(NC(=O)/C=C/c2ccc(OC)cc2)sc(C(=O)OC(C)C)c1C. The third kappa shape index (κ3) is 5.93. The van der Waals surface area contributed by atoms with Crippen molar-refractivity contribution in [2.24, 2.45) is 0 Å².